The Morgan fingerprint density at radius 2 is 2.10 bits per heavy atom. The van der Waals surface area contributed by atoms with Gasteiger partial charge in [0.1, 0.15) is 6.61 Å². The summed E-state index contributed by atoms with van der Waals surface area (Å²) in [5.41, 5.74) is 1.93. The Labute approximate surface area is 115 Å². The van der Waals surface area contributed by atoms with Gasteiger partial charge >= 0.3 is 5.97 Å². The number of H-pyrrole nitrogens is 1. The number of fused-ring (bicyclic) bond motifs is 1. The number of rotatable bonds is 7. The molecule has 0 aliphatic carbocycles. The zero-order valence-corrected chi connectivity index (χ0v) is 10.9. The molecule has 1 amide bonds. The number of hydrogen-bond acceptors (Lipinski definition) is 3. The largest absolute Gasteiger partial charge is 0.480 e. The number of benzene rings is 1. The first-order chi connectivity index (χ1) is 9.66. The maximum Gasteiger partial charge on any atom is 0.329 e. The molecular weight excluding hydrogens is 260 g/mol. The van der Waals surface area contributed by atoms with Gasteiger partial charge in [0, 0.05) is 23.6 Å². The third kappa shape index (κ3) is 3.83. The highest BCUT2D eigenvalue weighted by molar-refractivity contribution is 5.88. The van der Waals surface area contributed by atoms with Crippen LogP contribution in [0.25, 0.3) is 10.9 Å². The smallest absolute Gasteiger partial charge is 0.329 e. The van der Waals surface area contributed by atoms with E-state index in [0.717, 1.165) is 16.5 Å². The van der Waals surface area contributed by atoms with Gasteiger partial charge in [-0.3, -0.25) is 4.79 Å². The van der Waals surface area contributed by atoms with E-state index < -0.39 is 5.97 Å². The highest BCUT2D eigenvalue weighted by Gasteiger charge is 2.08. The number of carboxylic acid groups (broad SMARTS) is 1. The van der Waals surface area contributed by atoms with Crippen molar-refractivity contribution in [2.45, 2.75) is 6.42 Å². The van der Waals surface area contributed by atoms with Crippen molar-refractivity contribution in [1.29, 1.82) is 0 Å². The molecule has 0 fully saturated rings. The topological polar surface area (TPSA) is 91.4 Å². The Kier molecular flexibility index (Phi) is 4.73. The first-order valence-electron chi connectivity index (χ1n) is 6.28. The predicted molar refractivity (Wildman–Crippen MR) is 73.5 cm³/mol. The number of para-hydroxylation sites is 1. The van der Waals surface area contributed by atoms with Crippen LogP contribution in [0.3, 0.4) is 0 Å². The molecule has 0 bridgehead atoms. The molecule has 0 atom stereocenters. The number of aliphatic carboxylic acids is 1. The standard InChI is InChI=1S/C14H16N2O4/c17-13(15-5-6-20-9-14(18)19)7-10-8-16-12-4-2-1-3-11(10)12/h1-4,8,16H,5-7,9H2,(H,15,17)(H,18,19). The first kappa shape index (κ1) is 14.1. The molecule has 0 unspecified atom stereocenters. The van der Waals surface area contributed by atoms with E-state index in [1.54, 1.807) is 0 Å². The Morgan fingerprint density at radius 3 is 2.90 bits per heavy atom. The van der Waals surface area contributed by atoms with Crippen LogP contribution in [0.2, 0.25) is 0 Å². The molecule has 20 heavy (non-hydrogen) atoms. The maximum atomic E-state index is 11.8. The van der Waals surface area contributed by atoms with Crippen LogP contribution in [0, 0.1) is 0 Å². The van der Waals surface area contributed by atoms with Gasteiger partial charge in [-0.05, 0) is 11.6 Å². The molecule has 1 aromatic heterocycles. The van der Waals surface area contributed by atoms with Crippen LogP contribution in [-0.2, 0) is 20.7 Å². The lowest BCUT2D eigenvalue weighted by Gasteiger charge is -2.04. The van der Waals surface area contributed by atoms with Crippen molar-refractivity contribution in [3.63, 3.8) is 0 Å². The van der Waals surface area contributed by atoms with E-state index in [0.29, 0.717) is 6.54 Å². The monoisotopic (exact) mass is 276 g/mol. The highest BCUT2D eigenvalue weighted by Crippen LogP contribution is 2.17. The normalized spacial score (nSPS) is 10.6. The molecule has 2 aromatic rings. The summed E-state index contributed by atoms with van der Waals surface area (Å²) in [5, 5.41) is 12.1. The third-order valence-corrected chi connectivity index (χ3v) is 2.82. The van der Waals surface area contributed by atoms with E-state index in [2.05, 4.69) is 10.3 Å². The number of carbonyl (C=O) groups excluding carboxylic acids is 1. The average molecular weight is 276 g/mol. The van der Waals surface area contributed by atoms with Crippen LogP contribution in [0.5, 0.6) is 0 Å². The Morgan fingerprint density at radius 1 is 1.30 bits per heavy atom. The second kappa shape index (κ2) is 6.72. The molecule has 0 saturated carbocycles. The predicted octanol–water partition coefficient (Wildman–Crippen LogP) is 0.928. The molecule has 0 aliphatic rings. The molecule has 2 rings (SSSR count). The molecule has 1 heterocycles. The summed E-state index contributed by atoms with van der Waals surface area (Å²) in [4.78, 5) is 25.1. The van der Waals surface area contributed by atoms with Crippen LogP contribution in [0.4, 0.5) is 0 Å². The summed E-state index contributed by atoms with van der Waals surface area (Å²) in [6.45, 7) is 0.138. The minimum Gasteiger partial charge on any atom is -0.480 e. The summed E-state index contributed by atoms with van der Waals surface area (Å²) >= 11 is 0. The lowest BCUT2D eigenvalue weighted by Crippen LogP contribution is -2.29. The lowest BCUT2D eigenvalue weighted by molar-refractivity contribution is -0.142. The molecule has 1 aromatic carbocycles. The van der Waals surface area contributed by atoms with E-state index in [4.69, 9.17) is 9.84 Å². The van der Waals surface area contributed by atoms with Crippen LogP contribution in [0.1, 0.15) is 5.56 Å². The quantitative estimate of drug-likeness (QED) is 0.656. The summed E-state index contributed by atoms with van der Waals surface area (Å²) in [6.07, 6.45) is 2.11. The maximum absolute atomic E-state index is 11.8. The number of aromatic nitrogens is 1. The van der Waals surface area contributed by atoms with Gasteiger partial charge in [0.2, 0.25) is 5.91 Å². The fraction of sp³-hybridized carbons (Fsp3) is 0.286. The lowest BCUT2D eigenvalue weighted by atomic mass is 10.1. The van der Waals surface area contributed by atoms with Crippen molar-refractivity contribution >= 4 is 22.8 Å². The molecule has 0 saturated heterocycles. The van der Waals surface area contributed by atoms with Gasteiger partial charge < -0.3 is 20.1 Å². The fourth-order valence-electron chi connectivity index (χ4n) is 1.94. The summed E-state index contributed by atoms with van der Waals surface area (Å²) < 4.78 is 4.83. The SMILES string of the molecule is O=C(O)COCCNC(=O)Cc1c[nH]c2ccccc12. The molecule has 3 N–H and O–H groups in total. The second-order valence-corrected chi connectivity index (χ2v) is 4.33. The number of carboxylic acids is 1. The molecule has 0 radical (unpaired) electrons. The Bertz CT molecular complexity index is 606. The van der Waals surface area contributed by atoms with Crippen molar-refractivity contribution in [1.82, 2.24) is 10.3 Å². The minimum absolute atomic E-state index is 0.117. The molecule has 0 aliphatic heterocycles. The highest BCUT2D eigenvalue weighted by atomic mass is 16.5. The van der Waals surface area contributed by atoms with Crippen LogP contribution < -0.4 is 5.32 Å². The van der Waals surface area contributed by atoms with Crippen LogP contribution in [-0.4, -0.2) is 41.7 Å². The van der Waals surface area contributed by atoms with Gasteiger partial charge in [-0.25, -0.2) is 4.79 Å². The molecule has 6 heteroatoms. The molecule has 6 nitrogen and oxygen atoms in total. The number of aromatic amines is 1. The van der Waals surface area contributed by atoms with Gasteiger partial charge in [0.25, 0.3) is 0 Å². The van der Waals surface area contributed by atoms with Crippen molar-refractivity contribution in [2.24, 2.45) is 0 Å². The van der Waals surface area contributed by atoms with Gasteiger partial charge in [-0.15, -0.1) is 0 Å². The molecule has 106 valence electrons. The van der Waals surface area contributed by atoms with E-state index >= 15 is 0 Å². The fourth-order valence-corrected chi connectivity index (χ4v) is 1.94. The summed E-state index contributed by atoms with van der Waals surface area (Å²) in [7, 11) is 0. The Hall–Kier alpha value is -2.34. The van der Waals surface area contributed by atoms with Gasteiger partial charge in [0.15, 0.2) is 0 Å². The van der Waals surface area contributed by atoms with Gasteiger partial charge in [-0.2, -0.15) is 0 Å². The minimum atomic E-state index is -1.02. The first-order valence-corrected chi connectivity index (χ1v) is 6.28. The number of ether oxygens (including phenoxy) is 1. The second-order valence-electron chi connectivity index (χ2n) is 4.33. The van der Waals surface area contributed by atoms with Crippen molar-refractivity contribution in [2.75, 3.05) is 19.8 Å². The number of nitrogens with one attached hydrogen (secondary N) is 2. The third-order valence-electron chi connectivity index (χ3n) is 2.82. The zero-order chi connectivity index (χ0) is 14.4. The van der Waals surface area contributed by atoms with E-state index in [-0.39, 0.29) is 25.5 Å². The number of hydrogen-bond donors (Lipinski definition) is 3. The van der Waals surface area contributed by atoms with Crippen molar-refractivity contribution in [3.8, 4) is 0 Å². The van der Waals surface area contributed by atoms with E-state index in [9.17, 15) is 9.59 Å². The van der Waals surface area contributed by atoms with Crippen molar-refractivity contribution < 1.29 is 19.4 Å². The summed E-state index contributed by atoms with van der Waals surface area (Å²) in [6, 6.07) is 7.78. The van der Waals surface area contributed by atoms with Crippen LogP contribution in [0.15, 0.2) is 30.5 Å². The zero-order valence-electron chi connectivity index (χ0n) is 10.9. The van der Waals surface area contributed by atoms with Gasteiger partial charge in [0.05, 0.1) is 13.0 Å². The van der Waals surface area contributed by atoms with Crippen LogP contribution >= 0.6 is 0 Å². The molecule has 0 spiro atoms. The average Bonchev–Trinajstić information content (AvgIpc) is 2.81. The van der Waals surface area contributed by atoms with Crippen molar-refractivity contribution in [3.05, 3.63) is 36.0 Å². The number of amides is 1. The Balaban J connectivity index is 1.78. The summed E-state index contributed by atoms with van der Waals surface area (Å²) in [5.74, 6) is -1.14. The van der Waals surface area contributed by atoms with E-state index in [1.165, 1.54) is 0 Å². The number of carbonyl (C=O) groups is 2. The van der Waals surface area contributed by atoms with Gasteiger partial charge in [-0.1, -0.05) is 18.2 Å². The molecular formula is C14H16N2O4. The van der Waals surface area contributed by atoms with E-state index in [1.807, 2.05) is 30.5 Å².